The third kappa shape index (κ3) is 5.24. The number of amides is 2. The standard InChI is InChI=1S/C15H27N3O5/c1-15(2,3)23-13(19)16-12-10-11(4-5-18(12)14(20)21)17-6-8-22-9-7-17/h11-12H,4-10H2,1-3H3,(H,16,19)(H,20,21). The summed E-state index contributed by atoms with van der Waals surface area (Å²) in [7, 11) is 0. The van der Waals surface area contributed by atoms with Crippen molar-refractivity contribution in [2.75, 3.05) is 32.8 Å². The molecule has 0 aliphatic carbocycles. The van der Waals surface area contributed by atoms with Crippen LogP contribution in [0.15, 0.2) is 0 Å². The second-order valence-electron chi connectivity index (χ2n) is 6.96. The Labute approximate surface area is 136 Å². The number of hydrogen-bond acceptors (Lipinski definition) is 5. The van der Waals surface area contributed by atoms with Crippen LogP contribution in [0.25, 0.3) is 0 Å². The van der Waals surface area contributed by atoms with Crippen molar-refractivity contribution in [1.29, 1.82) is 0 Å². The molecule has 0 aromatic carbocycles. The van der Waals surface area contributed by atoms with E-state index >= 15 is 0 Å². The molecule has 2 fully saturated rings. The molecule has 2 amide bonds. The summed E-state index contributed by atoms with van der Waals surface area (Å²) in [4.78, 5) is 27.0. The number of carboxylic acid groups (broad SMARTS) is 1. The van der Waals surface area contributed by atoms with Crippen molar-refractivity contribution in [3.8, 4) is 0 Å². The molecule has 0 aromatic rings. The van der Waals surface area contributed by atoms with Gasteiger partial charge in [0.15, 0.2) is 0 Å². The fraction of sp³-hybridized carbons (Fsp3) is 0.867. The number of likely N-dealkylation sites (tertiary alicyclic amines) is 1. The molecule has 0 radical (unpaired) electrons. The molecule has 8 heteroatoms. The van der Waals surface area contributed by atoms with Crippen LogP contribution in [0.5, 0.6) is 0 Å². The molecule has 2 atom stereocenters. The highest BCUT2D eigenvalue weighted by molar-refractivity contribution is 5.70. The highest BCUT2D eigenvalue weighted by Gasteiger charge is 2.36. The van der Waals surface area contributed by atoms with Gasteiger partial charge in [-0.05, 0) is 27.2 Å². The number of nitrogens with one attached hydrogen (secondary N) is 1. The SMILES string of the molecule is CC(C)(C)OC(=O)NC1CC(N2CCOCC2)CCN1C(=O)O. The molecule has 2 rings (SSSR count). The van der Waals surface area contributed by atoms with Gasteiger partial charge in [0.25, 0.3) is 0 Å². The highest BCUT2D eigenvalue weighted by Crippen LogP contribution is 2.22. The van der Waals surface area contributed by atoms with E-state index in [0.717, 1.165) is 19.5 Å². The zero-order valence-corrected chi connectivity index (χ0v) is 14.1. The molecule has 0 bridgehead atoms. The van der Waals surface area contributed by atoms with E-state index in [0.29, 0.717) is 26.2 Å². The van der Waals surface area contributed by atoms with Gasteiger partial charge in [0.05, 0.1) is 13.2 Å². The topological polar surface area (TPSA) is 91.3 Å². The Morgan fingerprint density at radius 2 is 1.87 bits per heavy atom. The van der Waals surface area contributed by atoms with Crippen molar-refractivity contribution in [1.82, 2.24) is 15.1 Å². The van der Waals surface area contributed by atoms with Crippen molar-refractivity contribution in [3.05, 3.63) is 0 Å². The Balaban J connectivity index is 1.98. The maximum absolute atomic E-state index is 12.0. The minimum Gasteiger partial charge on any atom is -0.465 e. The Kier molecular flexibility index (Phi) is 5.69. The molecule has 0 spiro atoms. The smallest absolute Gasteiger partial charge is 0.409 e. The first kappa shape index (κ1) is 17.8. The third-order valence-electron chi connectivity index (χ3n) is 4.07. The summed E-state index contributed by atoms with van der Waals surface area (Å²) in [6, 6.07) is 0.245. The number of nitrogens with zero attached hydrogens (tertiary/aromatic N) is 2. The van der Waals surface area contributed by atoms with Crippen LogP contribution in [0.3, 0.4) is 0 Å². The lowest BCUT2D eigenvalue weighted by atomic mass is 10.00. The van der Waals surface area contributed by atoms with Gasteiger partial charge < -0.3 is 19.9 Å². The van der Waals surface area contributed by atoms with Crippen LogP contribution in [0.2, 0.25) is 0 Å². The van der Waals surface area contributed by atoms with Crippen LogP contribution >= 0.6 is 0 Å². The molecule has 2 aliphatic heterocycles. The van der Waals surface area contributed by atoms with Crippen LogP contribution in [0.1, 0.15) is 33.6 Å². The number of alkyl carbamates (subject to hydrolysis) is 1. The third-order valence-corrected chi connectivity index (χ3v) is 4.07. The summed E-state index contributed by atoms with van der Waals surface area (Å²) in [5, 5.41) is 12.1. The number of hydrogen-bond donors (Lipinski definition) is 2. The summed E-state index contributed by atoms with van der Waals surface area (Å²) in [5.74, 6) is 0. The van der Waals surface area contributed by atoms with Gasteiger partial charge in [-0.25, -0.2) is 9.59 Å². The zero-order valence-electron chi connectivity index (χ0n) is 14.1. The summed E-state index contributed by atoms with van der Waals surface area (Å²) in [6.07, 6.45) is -0.851. The van der Waals surface area contributed by atoms with Crippen LogP contribution < -0.4 is 5.32 Å². The molecule has 2 aliphatic rings. The second kappa shape index (κ2) is 7.35. The van der Waals surface area contributed by atoms with E-state index in [2.05, 4.69) is 10.2 Å². The van der Waals surface area contributed by atoms with E-state index < -0.39 is 24.0 Å². The number of morpholine rings is 1. The first-order chi connectivity index (χ1) is 10.8. The normalized spacial score (nSPS) is 26.7. The van der Waals surface area contributed by atoms with Crippen LogP contribution in [0, 0.1) is 0 Å². The summed E-state index contributed by atoms with van der Waals surface area (Å²) >= 11 is 0. The molecule has 2 heterocycles. The fourth-order valence-corrected chi connectivity index (χ4v) is 3.03. The van der Waals surface area contributed by atoms with Crippen molar-refractivity contribution < 1.29 is 24.2 Å². The fourth-order valence-electron chi connectivity index (χ4n) is 3.03. The van der Waals surface area contributed by atoms with E-state index in [1.165, 1.54) is 4.90 Å². The van der Waals surface area contributed by atoms with Crippen molar-refractivity contribution in [3.63, 3.8) is 0 Å². The number of carbonyl (C=O) groups excluding carboxylic acids is 1. The molecular formula is C15H27N3O5. The molecule has 0 saturated carbocycles. The van der Waals surface area contributed by atoms with Gasteiger partial charge >= 0.3 is 12.2 Å². The van der Waals surface area contributed by atoms with Crippen molar-refractivity contribution in [2.45, 2.75) is 51.4 Å². The molecule has 132 valence electrons. The van der Waals surface area contributed by atoms with Crippen molar-refractivity contribution in [2.24, 2.45) is 0 Å². The largest absolute Gasteiger partial charge is 0.465 e. The van der Waals surface area contributed by atoms with E-state index in [-0.39, 0.29) is 6.04 Å². The average Bonchev–Trinajstić information content (AvgIpc) is 2.45. The Bertz CT molecular complexity index is 431. The summed E-state index contributed by atoms with van der Waals surface area (Å²) in [5.41, 5.74) is -0.615. The first-order valence-electron chi connectivity index (χ1n) is 8.07. The molecule has 0 aromatic heterocycles. The molecule has 8 nitrogen and oxygen atoms in total. The van der Waals surface area contributed by atoms with Crippen LogP contribution in [0.4, 0.5) is 9.59 Å². The van der Waals surface area contributed by atoms with Gasteiger partial charge in [0.2, 0.25) is 0 Å². The lowest BCUT2D eigenvalue weighted by molar-refractivity contribution is -0.0143. The number of carbonyl (C=O) groups is 2. The predicted molar refractivity (Wildman–Crippen MR) is 83.3 cm³/mol. The van der Waals surface area contributed by atoms with Crippen molar-refractivity contribution >= 4 is 12.2 Å². The van der Waals surface area contributed by atoms with E-state index in [4.69, 9.17) is 9.47 Å². The second-order valence-corrected chi connectivity index (χ2v) is 6.96. The Hall–Kier alpha value is -1.54. The molecular weight excluding hydrogens is 302 g/mol. The van der Waals surface area contributed by atoms with E-state index in [1.54, 1.807) is 20.8 Å². The number of rotatable bonds is 2. The summed E-state index contributed by atoms with van der Waals surface area (Å²) in [6.45, 7) is 8.81. The van der Waals surface area contributed by atoms with Crippen LogP contribution in [-0.2, 0) is 9.47 Å². The van der Waals surface area contributed by atoms with Gasteiger partial charge in [0, 0.05) is 32.1 Å². The van der Waals surface area contributed by atoms with Gasteiger partial charge in [-0.2, -0.15) is 0 Å². The van der Waals surface area contributed by atoms with E-state index in [9.17, 15) is 14.7 Å². The lowest BCUT2D eigenvalue weighted by Gasteiger charge is -2.43. The van der Waals surface area contributed by atoms with Gasteiger partial charge in [0.1, 0.15) is 11.8 Å². The monoisotopic (exact) mass is 329 g/mol. The zero-order chi connectivity index (χ0) is 17.0. The Morgan fingerprint density at radius 3 is 2.43 bits per heavy atom. The number of piperidine rings is 1. The summed E-state index contributed by atoms with van der Waals surface area (Å²) < 4.78 is 10.6. The molecule has 23 heavy (non-hydrogen) atoms. The molecule has 2 saturated heterocycles. The van der Waals surface area contributed by atoms with E-state index in [1.807, 2.05) is 0 Å². The minimum absolute atomic E-state index is 0.245. The molecule has 2 N–H and O–H groups in total. The quantitative estimate of drug-likeness (QED) is 0.794. The van der Waals surface area contributed by atoms with Gasteiger partial charge in [-0.3, -0.25) is 9.80 Å². The predicted octanol–water partition coefficient (Wildman–Crippen LogP) is 1.31. The highest BCUT2D eigenvalue weighted by atomic mass is 16.6. The maximum Gasteiger partial charge on any atom is 0.409 e. The maximum atomic E-state index is 12.0. The first-order valence-corrected chi connectivity index (χ1v) is 8.07. The minimum atomic E-state index is -1.02. The van der Waals surface area contributed by atoms with Crippen LogP contribution in [-0.4, -0.2) is 77.7 Å². The Morgan fingerprint density at radius 1 is 1.22 bits per heavy atom. The van der Waals surface area contributed by atoms with Gasteiger partial charge in [-0.1, -0.05) is 0 Å². The lowest BCUT2D eigenvalue weighted by Crippen LogP contribution is -2.59. The average molecular weight is 329 g/mol. The molecule has 2 unspecified atom stereocenters. The number of ether oxygens (including phenoxy) is 2. The van der Waals surface area contributed by atoms with Gasteiger partial charge in [-0.15, -0.1) is 0 Å².